The standard InChI is InChI=1S/C14H19NO2/c1-15(2)13-7-3-5-11(9-13)14(16)12-6-4-8-17-10-12/h3,5,7,9-10,14,16H,4,6,8H2,1-2H3. The van der Waals surface area contributed by atoms with Gasteiger partial charge in [-0.3, -0.25) is 0 Å². The van der Waals surface area contributed by atoms with Crippen molar-refractivity contribution in [1.29, 1.82) is 0 Å². The maximum atomic E-state index is 10.3. The van der Waals surface area contributed by atoms with Gasteiger partial charge in [-0.15, -0.1) is 0 Å². The van der Waals surface area contributed by atoms with E-state index in [1.165, 1.54) is 0 Å². The molecule has 3 heteroatoms. The molecule has 1 heterocycles. The number of ether oxygens (including phenoxy) is 1. The molecule has 92 valence electrons. The van der Waals surface area contributed by atoms with Crippen LogP contribution in [-0.2, 0) is 4.74 Å². The molecule has 17 heavy (non-hydrogen) atoms. The minimum Gasteiger partial charge on any atom is -0.501 e. The van der Waals surface area contributed by atoms with Crippen molar-refractivity contribution in [3.63, 3.8) is 0 Å². The van der Waals surface area contributed by atoms with E-state index in [4.69, 9.17) is 4.74 Å². The predicted molar refractivity (Wildman–Crippen MR) is 69.0 cm³/mol. The van der Waals surface area contributed by atoms with Crippen LogP contribution in [0, 0.1) is 0 Å². The van der Waals surface area contributed by atoms with Gasteiger partial charge in [-0.05, 0) is 36.1 Å². The van der Waals surface area contributed by atoms with E-state index in [0.29, 0.717) is 0 Å². The number of anilines is 1. The van der Waals surface area contributed by atoms with Crippen LogP contribution in [0.3, 0.4) is 0 Å². The zero-order chi connectivity index (χ0) is 12.3. The van der Waals surface area contributed by atoms with Crippen molar-refractivity contribution >= 4 is 5.69 Å². The molecule has 1 atom stereocenters. The zero-order valence-corrected chi connectivity index (χ0v) is 10.4. The van der Waals surface area contributed by atoms with E-state index in [1.807, 2.05) is 43.3 Å². The number of benzene rings is 1. The molecule has 0 fully saturated rings. The van der Waals surface area contributed by atoms with Crippen LogP contribution in [0.2, 0.25) is 0 Å². The highest BCUT2D eigenvalue weighted by Crippen LogP contribution is 2.29. The van der Waals surface area contributed by atoms with E-state index in [9.17, 15) is 5.11 Å². The van der Waals surface area contributed by atoms with Gasteiger partial charge < -0.3 is 14.7 Å². The topological polar surface area (TPSA) is 32.7 Å². The lowest BCUT2D eigenvalue weighted by Crippen LogP contribution is -2.11. The Kier molecular flexibility index (Phi) is 3.69. The molecular weight excluding hydrogens is 214 g/mol. The largest absolute Gasteiger partial charge is 0.501 e. The summed E-state index contributed by atoms with van der Waals surface area (Å²) in [4.78, 5) is 2.03. The maximum Gasteiger partial charge on any atom is 0.103 e. The summed E-state index contributed by atoms with van der Waals surface area (Å²) in [6, 6.07) is 7.97. The average Bonchev–Trinajstić information content (AvgIpc) is 2.39. The van der Waals surface area contributed by atoms with Gasteiger partial charge in [0.2, 0.25) is 0 Å². The lowest BCUT2D eigenvalue weighted by Gasteiger charge is -2.20. The number of aliphatic hydroxyl groups is 1. The quantitative estimate of drug-likeness (QED) is 0.870. The Morgan fingerprint density at radius 2 is 2.18 bits per heavy atom. The summed E-state index contributed by atoms with van der Waals surface area (Å²) in [5.41, 5.74) is 2.99. The van der Waals surface area contributed by atoms with Gasteiger partial charge in [0.1, 0.15) is 6.10 Å². The Balaban J connectivity index is 2.21. The Morgan fingerprint density at radius 1 is 1.35 bits per heavy atom. The highest BCUT2D eigenvalue weighted by molar-refractivity contribution is 5.48. The SMILES string of the molecule is CN(C)c1cccc(C(O)C2=COCCC2)c1. The van der Waals surface area contributed by atoms with Gasteiger partial charge in [-0.1, -0.05) is 12.1 Å². The lowest BCUT2D eigenvalue weighted by molar-refractivity contribution is 0.170. The molecule has 0 aromatic heterocycles. The third-order valence-corrected chi connectivity index (χ3v) is 3.02. The highest BCUT2D eigenvalue weighted by atomic mass is 16.5. The van der Waals surface area contributed by atoms with Crippen molar-refractivity contribution in [3.05, 3.63) is 41.7 Å². The summed E-state index contributed by atoms with van der Waals surface area (Å²) in [6.07, 6.45) is 3.05. The molecule has 1 N–H and O–H groups in total. The average molecular weight is 233 g/mol. The normalized spacial score (nSPS) is 17.0. The molecule has 2 rings (SSSR count). The summed E-state index contributed by atoms with van der Waals surface area (Å²) in [7, 11) is 3.99. The van der Waals surface area contributed by atoms with Gasteiger partial charge in [-0.2, -0.15) is 0 Å². The summed E-state index contributed by atoms with van der Waals surface area (Å²) < 4.78 is 5.27. The smallest absolute Gasteiger partial charge is 0.103 e. The second-order valence-corrected chi connectivity index (χ2v) is 4.56. The van der Waals surface area contributed by atoms with Crippen LogP contribution in [-0.4, -0.2) is 25.8 Å². The van der Waals surface area contributed by atoms with Gasteiger partial charge >= 0.3 is 0 Å². The van der Waals surface area contributed by atoms with Crippen molar-refractivity contribution in [2.45, 2.75) is 18.9 Å². The second-order valence-electron chi connectivity index (χ2n) is 4.56. The number of hydrogen-bond donors (Lipinski definition) is 1. The molecular formula is C14H19NO2. The number of rotatable bonds is 3. The zero-order valence-electron chi connectivity index (χ0n) is 10.4. The minimum absolute atomic E-state index is 0.546. The second kappa shape index (κ2) is 5.23. The molecule has 0 aliphatic carbocycles. The fraction of sp³-hybridized carbons (Fsp3) is 0.429. The van der Waals surface area contributed by atoms with Crippen molar-refractivity contribution in [3.8, 4) is 0 Å². The molecule has 1 aromatic rings. The van der Waals surface area contributed by atoms with Crippen LogP contribution in [0.4, 0.5) is 5.69 Å². The Bertz CT molecular complexity index is 412. The Morgan fingerprint density at radius 3 is 2.82 bits per heavy atom. The molecule has 0 saturated carbocycles. The van der Waals surface area contributed by atoms with Crippen LogP contribution in [0.25, 0.3) is 0 Å². The summed E-state index contributed by atoms with van der Waals surface area (Å²) in [5, 5.41) is 10.3. The molecule has 0 bridgehead atoms. The predicted octanol–water partition coefficient (Wildman–Crippen LogP) is 2.48. The molecule has 0 saturated heterocycles. The lowest BCUT2D eigenvalue weighted by atomic mass is 9.97. The molecule has 1 unspecified atom stereocenters. The van der Waals surface area contributed by atoms with Crippen LogP contribution in [0.15, 0.2) is 36.1 Å². The Hall–Kier alpha value is -1.48. The first-order valence-corrected chi connectivity index (χ1v) is 5.94. The number of nitrogens with zero attached hydrogens (tertiary/aromatic N) is 1. The van der Waals surface area contributed by atoms with Crippen LogP contribution >= 0.6 is 0 Å². The number of aliphatic hydroxyl groups excluding tert-OH is 1. The van der Waals surface area contributed by atoms with Gasteiger partial charge in [0, 0.05) is 19.8 Å². The first kappa shape index (κ1) is 12.0. The molecule has 3 nitrogen and oxygen atoms in total. The van der Waals surface area contributed by atoms with Gasteiger partial charge in [-0.25, -0.2) is 0 Å². The summed E-state index contributed by atoms with van der Waals surface area (Å²) >= 11 is 0. The van der Waals surface area contributed by atoms with Crippen molar-refractivity contribution in [1.82, 2.24) is 0 Å². The first-order chi connectivity index (χ1) is 8.18. The van der Waals surface area contributed by atoms with E-state index in [0.717, 1.165) is 36.3 Å². The van der Waals surface area contributed by atoms with Gasteiger partial charge in [0.05, 0.1) is 12.9 Å². The first-order valence-electron chi connectivity index (χ1n) is 5.94. The molecule has 1 aromatic carbocycles. The minimum atomic E-state index is -0.546. The van der Waals surface area contributed by atoms with E-state index in [-0.39, 0.29) is 0 Å². The van der Waals surface area contributed by atoms with Crippen LogP contribution in [0.1, 0.15) is 24.5 Å². The molecule has 0 radical (unpaired) electrons. The third-order valence-electron chi connectivity index (χ3n) is 3.02. The van der Waals surface area contributed by atoms with Crippen molar-refractivity contribution < 1.29 is 9.84 Å². The molecule has 1 aliphatic heterocycles. The summed E-state index contributed by atoms with van der Waals surface area (Å²) in [5.74, 6) is 0. The fourth-order valence-electron chi connectivity index (χ4n) is 1.97. The molecule has 0 spiro atoms. The van der Waals surface area contributed by atoms with E-state index < -0.39 is 6.10 Å². The highest BCUT2D eigenvalue weighted by Gasteiger charge is 2.16. The van der Waals surface area contributed by atoms with E-state index in [2.05, 4.69) is 0 Å². The maximum absolute atomic E-state index is 10.3. The van der Waals surface area contributed by atoms with Crippen LogP contribution < -0.4 is 4.90 Å². The molecule has 0 amide bonds. The van der Waals surface area contributed by atoms with Gasteiger partial charge in [0.15, 0.2) is 0 Å². The third kappa shape index (κ3) is 2.80. The van der Waals surface area contributed by atoms with Crippen molar-refractivity contribution in [2.24, 2.45) is 0 Å². The Labute approximate surface area is 102 Å². The number of hydrogen-bond acceptors (Lipinski definition) is 3. The van der Waals surface area contributed by atoms with E-state index in [1.54, 1.807) is 6.26 Å². The van der Waals surface area contributed by atoms with Crippen molar-refractivity contribution in [2.75, 3.05) is 25.6 Å². The molecule has 1 aliphatic rings. The fourth-order valence-corrected chi connectivity index (χ4v) is 1.97. The van der Waals surface area contributed by atoms with Crippen LogP contribution in [0.5, 0.6) is 0 Å². The van der Waals surface area contributed by atoms with Gasteiger partial charge in [0.25, 0.3) is 0 Å². The monoisotopic (exact) mass is 233 g/mol. The van der Waals surface area contributed by atoms with E-state index >= 15 is 0 Å². The summed E-state index contributed by atoms with van der Waals surface area (Å²) in [6.45, 7) is 0.758.